The lowest BCUT2D eigenvalue weighted by Gasteiger charge is -2.12. The van der Waals surface area contributed by atoms with Gasteiger partial charge in [-0.15, -0.1) is 11.4 Å². The van der Waals surface area contributed by atoms with Gasteiger partial charge in [0.05, 0.1) is 0 Å². The van der Waals surface area contributed by atoms with Crippen molar-refractivity contribution in [3.05, 3.63) is 24.4 Å². The van der Waals surface area contributed by atoms with Gasteiger partial charge < -0.3 is 10.1 Å². The number of carbonyl (C=O) groups is 1. The highest BCUT2D eigenvalue weighted by Gasteiger charge is 2.18. The predicted molar refractivity (Wildman–Crippen MR) is 64.9 cm³/mol. The van der Waals surface area contributed by atoms with Crippen LogP contribution in [0.5, 0.6) is 5.88 Å². The Morgan fingerprint density at radius 1 is 1.73 bits per heavy atom. The summed E-state index contributed by atoms with van der Waals surface area (Å²) in [5, 5.41) is 2.89. The van der Waals surface area contributed by atoms with Crippen LogP contribution in [0.2, 0.25) is 0 Å². The summed E-state index contributed by atoms with van der Waals surface area (Å²) in [6.07, 6.45) is 1.58. The average molecular weight is 244 g/mol. The number of likely N-dealkylation sites (N-methyl/N-ethyl adjacent to an activating group) is 1. The van der Waals surface area contributed by atoms with Crippen molar-refractivity contribution >= 4 is 25.8 Å². The normalized spacial score (nSPS) is 12.1. The molecule has 1 rings (SSSR count). The number of esters is 1. The highest BCUT2D eigenvalue weighted by Crippen LogP contribution is 2.13. The Balaban J connectivity index is 2.54. The van der Waals surface area contributed by atoms with Crippen molar-refractivity contribution in [3.8, 4) is 5.88 Å². The molecule has 0 aliphatic carbocycles. The molecular weight excluding hydrogens is 231 g/mol. The van der Waals surface area contributed by atoms with Gasteiger partial charge in [-0.25, -0.2) is 9.78 Å². The summed E-state index contributed by atoms with van der Waals surface area (Å²) in [4.78, 5) is 15.5. The van der Waals surface area contributed by atoms with Gasteiger partial charge in [-0.2, -0.15) is 0 Å². The minimum atomic E-state index is -0.314. The molecule has 82 valence electrons. The largest absolute Gasteiger partial charge is 0.406 e. The smallest absolute Gasteiger partial charge is 0.330 e. The predicted octanol–water partition coefficient (Wildman–Crippen LogP) is 1.10. The number of hydrogen-bond donors (Lipinski definition) is 1. The standard InChI is InChI=1S/C9H13N2O2PS/c1-10-7(6-15-14)9(12)13-8-4-2-3-5-11-8/h2-5,7,10H,6,14H2,1H3. The molecule has 1 aromatic heterocycles. The zero-order valence-electron chi connectivity index (χ0n) is 8.34. The lowest BCUT2D eigenvalue weighted by Crippen LogP contribution is -2.39. The fourth-order valence-corrected chi connectivity index (χ4v) is 2.02. The Morgan fingerprint density at radius 3 is 3.07 bits per heavy atom. The quantitative estimate of drug-likeness (QED) is 0.621. The molecule has 4 nitrogen and oxygen atoms in total. The Labute approximate surface area is 95.1 Å². The molecule has 1 aromatic rings. The van der Waals surface area contributed by atoms with Gasteiger partial charge in [0, 0.05) is 18.0 Å². The van der Waals surface area contributed by atoms with Gasteiger partial charge in [0.2, 0.25) is 5.88 Å². The third-order valence-electron chi connectivity index (χ3n) is 1.74. The van der Waals surface area contributed by atoms with Gasteiger partial charge in [-0.3, -0.25) is 0 Å². The van der Waals surface area contributed by atoms with E-state index in [0.717, 1.165) is 0 Å². The molecule has 0 radical (unpaired) electrons. The van der Waals surface area contributed by atoms with Gasteiger partial charge in [-0.1, -0.05) is 14.5 Å². The maximum atomic E-state index is 11.6. The second-order valence-electron chi connectivity index (χ2n) is 2.76. The molecule has 0 saturated carbocycles. The molecule has 0 aliphatic rings. The first-order valence-electron chi connectivity index (χ1n) is 4.39. The van der Waals surface area contributed by atoms with E-state index in [9.17, 15) is 4.79 Å². The SMILES string of the molecule is CNC(CSP)C(=O)Oc1ccccn1. The van der Waals surface area contributed by atoms with Crippen molar-refractivity contribution < 1.29 is 9.53 Å². The maximum absolute atomic E-state index is 11.6. The minimum absolute atomic E-state index is 0.311. The zero-order valence-corrected chi connectivity index (χ0v) is 10.3. The van der Waals surface area contributed by atoms with Crippen molar-refractivity contribution in [2.45, 2.75) is 6.04 Å². The van der Waals surface area contributed by atoms with Crippen LogP contribution in [0.15, 0.2) is 24.4 Å². The number of hydrogen-bond acceptors (Lipinski definition) is 5. The van der Waals surface area contributed by atoms with Gasteiger partial charge in [0.25, 0.3) is 0 Å². The Morgan fingerprint density at radius 2 is 2.53 bits per heavy atom. The van der Waals surface area contributed by atoms with Gasteiger partial charge >= 0.3 is 5.97 Å². The third kappa shape index (κ3) is 4.16. The van der Waals surface area contributed by atoms with Crippen LogP contribution >= 0.6 is 19.8 Å². The molecule has 2 atom stereocenters. The van der Waals surface area contributed by atoms with Crippen molar-refractivity contribution in [1.29, 1.82) is 0 Å². The van der Waals surface area contributed by atoms with E-state index in [-0.39, 0.29) is 12.0 Å². The summed E-state index contributed by atoms with van der Waals surface area (Å²) in [7, 11) is 4.23. The summed E-state index contributed by atoms with van der Waals surface area (Å²) < 4.78 is 5.08. The zero-order chi connectivity index (χ0) is 11.1. The van der Waals surface area contributed by atoms with Crippen molar-refractivity contribution in [3.63, 3.8) is 0 Å². The number of rotatable bonds is 5. The molecule has 0 saturated heterocycles. The van der Waals surface area contributed by atoms with E-state index < -0.39 is 0 Å². The molecule has 6 heteroatoms. The molecular formula is C9H13N2O2PS. The molecule has 1 N–H and O–H groups in total. The number of nitrogens with one attached hydrogen (secondary N) is 1. The Hall–Kier alpha value is -0.640. The molecule has 0 spiro atoms. The lowest BCUT2D eigenvalue weighted by molar-refractivity contribution is -0.136. The van der Waals surface area contributed by atoms with Crippen molar-refractivity contribution in [2.24, 2.45) is 0 Å². The number of nitrogens with zero attached hydrogens (tertiary/aromatic N) is 1. The molecule has 2 unspecified atom stereocenters. The highest BCUT2D eigenvalue weighted by atomic mass is 32.7. The van der Waals surface area contributed by atoms with Crippen LogP contribution in [0.3, 0.4) is 0 Å². The third-order valence-corrected chi connectivity index (χ3v) is 2.84. The fraction of sp³-hybridized carbons (Fsp3) is 0.333. The number of carbonyl (C=O) groups excluding carboxylic acids is 1. The molecule has 0 amide bonds. The topological polar surface area (TPSA) is 51.2 Å². The van der Waals surface area contributed by atoms with E-state index in [2.05, 4.69) is 18.7 Å². The van der Waals surface area contributed by atoms with Crippen LogP contribution in [0.25, 0.3) is 0 Å². The van der Waals surface area contributed by atoms with Gasteiger partial charge in [0.15, 0.2) is 0 Å². The van der Waals surface area contributed by atoms with E-state index in [1.54, 1.807) is 31.4 Å². The molecule has 0 fully saturated rings. The molecule has 0 aromatic carbocycles. The monoisotopic (exact) mass is 244 g/mol. The molecule has 1 heterocycles. The number of ether oxygens (including phenoxy) is 1. The first-order valence-corrected chi connectivity index (χ1v) is 6.86. The van der Waals surface area contributed by atoms with E-state index in [0.29, 0.717) is 11.6 Å². The van der Waals surface area contributed by atoms with Crippen LogP contribution in [0.4, 0.5) is 0 Å². The maximum Gasteiger partial charge on any atom is 0.330 e. The van der Waals surface area contributed by atoms with Crippen molar-refractivity contribution in [1.82, 2.24) is 10.3 Å². The van der Waals surface area contributed by atoms with Crippen molar-refractivity contribution in [2.75, 3.05) is 12.8 Å². The fourth-order valence-electron chi connectivity index (χ4n) is 0.947. The number of aromatic nitrogens is 1. The molecule has 15 heavy (non-hydrogen) atoms. The number of pyridine rings is 1. The van der Waals surface area contributed by atoms with E-state index >= 15 is 0 Å². The summed E-state index contributed by atoms with van der Waals surface area (Å²) in [5.41, 5.74) is 0. The van der Waals surface area contributed by atoms with Crippen LogP contribution in [0, 0.1) is 0 Å². The lowest BCUT2D eigenvalue weighted by atomic mass is 10.3. The Bertz CT molecular complexity index is 310. The van der Waals surface area contributed by atoms with E-state index in [1.807, 2.05) is 0 Å². The first kappa shape index (κ1) is 12.4. The highest BCUT2D eigenvalue weighted by molar-refractivity contribution is 8.43. The summed E-state index contributed by atoms with van der Waals surface area (Å²) in [6.45, 7) is 0. The summed E-state index contributed by atoms with van der Waals surface area (Å²) >= 11 is 1.51. The average Bonchev–Trinajstić information content (AvgIpc) is 2.27. The van der Waals surface area contributed by atoms with Gasteiger partial charge in [-0.05, 0) is 13.1 Å². The summed E-state index contributed by atoms with van der Waals surface area (Å²) in [6, 6.07) is 4.88. The van der Waals surface area contributed by atoms with E-state index in [1.165, 1.54) is 11.4 Å². The second-order valence-corrected chi connectivity index (χ2v) is 4.43. The first-order chi connectivity index (χ1) is 7.27. The van der Waals surface area contributed by atoms with E-state index in [4.69, 9.17) is 4.74 Å². The van der Waals surface area contributed by atoms with Crippen LogP contribution in [-0.2, 0) is 4.79 Å². The van der Waals surface area contributed by atoms with Crippen LogP contribution in [0.1, 0.15) is 0 Å². The summed E-state index contributed by atoms with van der Waals surface area (Å²) in [5.74, 6) is 0.662. The minimum Gasteiger partial charge on any atom is -0.406 e. The Kier molecular flexibility index (Phi) is 5.61. The second kappa shape index (κ2) is 6.77. The van der Waals surface area contributed by atoms with Crippen LogP contribution in [-0.4, -0.2) is 29.8 Å². The molecule has 0 aliphatic heterocycles. The van der Waals surface area contributed by atoms with Gasteiger partial charge in [0.1, 0.15) is 6.04 Å². The van der Waals surface area contributed by atoms with Crippen LogP contribution < -0.4 is 10.1 Å². The molecule has 0 bridgehead atoms.